The molecule has 0 fully saturated rings. The van der Waals surface area contributed by atoms with Gasteiger partial charge in [0.1, 0.15) is 17.6 Å². The molecule has 100 valence electrons. The van der Waals surface area contributed by atoms with Gasteiger partial charge in [0, 0.05) is 11.1 Å². The van der Waals surface area contributed by atoms with Crippen molar-refractivity contribution in [1.29, 1.82) is 0 Å². The Hall–Kier alpha value is -1.89. The quantitative estimate of drug-likeness (QED) is 0.664. The van der Waals surface area contributed by atoms with Crippen LogP contribution in [0.5, 0.6) is 0 Å². The lowest BCUT2D eigenvalue weighted by Crippen LogP contribution is -2.00. The first-order valence-corrected chi connectivity index (χ1v) is 5.73. The maximum Gasteiger partial charge on any atom is 0.281 e. The van der Waals surface area contributed by atoms with E-state index in [2.05, 4.69) is 0 Å². The van der Waals surface area contributed by atoms with Gasteiger partial charge in [-0.3, -0.25) is 10.1 Å². The van der Waals surface area contributed by atoms with Crippen molar-refractivity contribution in [2.24, 2.45) is 0 Å². The first-order chi connectivity index (χ1) is 9.02. The van der Waals surface area contributed by atoms with E-state index in [-0.39, 0.29) is 27.8 Å². The van der Waals surface area contributed by atoms with E-state index in [0.717, 1.165) is 0 Å². The molecule has 1 unspecified atom stereocenters. The van der Waals surface area contributed by atoms with Crippen molar-refractivity contribution in [3.05, 3.63) is 51.2 Å². The number of halogens is 1. The minimum atomic E-state index is -1.15. The number of furan rings is 1. The van der Waals surface area contributed by atoms with Crippen LogP contribution in [0.2, 0.25) is 5.02 Å². The van der Waals surface area contributed by atoms with Gasteiger partial charge in [-0.15, -0.1) is 0 Å². The molecule has 0 radical (unpaired) electrons. The molecule has 2 aromatic rings. The number of benzene rings is 1. The van der Waals surface area contributed by atoms with Crippen LogP contribution in [0.15, 0.2) is 34.7 Å². The summed E-state index contributed by atoms with van der Waals surface area (Å²) >= 11 is 5.72. The highest BCUT2D eigenvalue weighted by Gasteiger charge is 2.20. The molecule has 0 amide bonds. The zero-order valence-electron chi connectivity index (χ0n) is 9.62. The molecule has 1 atom stereocenters. The van der Waals surface area contributed by atoms with E-state index in [4.69, 9.17) is 21.1 Å². The Kier molecular flexibility index (Phi) is 3.84. The molecule has 1 aromatic heterocycles. The smallest absolute Gasteiger partial charge is 0.281 e. The third kappa shape index (κ3) is 2.76. The molecule has 0 aliphatic rings. The fraction of sp³-hybridized carbons (Fsp3) is 0.167. The van der Waals surface area contributed by atoms with E-state index in [9.17, 15) is 15.2 Å². The van der Waals surface area contributed by atoms with Gasteiger partial charge in [0.2, 0.25) is 0 Å². The van der Waals surface area contributed by atoms with Gasteiger partial charge in [-0.25, -0.2) is 0 Å². The third-order valence-corrected chi connectivity index (χ3v) is 2.79. The number of hydrogen-bond donors (Lipinski definition) is 2. The summed E-state index contributed by atoms with van der Waals surface area (Å²) in [6.45, 7) is -0.490. The van der Waals surface area contributed by atoms with Crippen LogP contribution in [0, 0.1) is 10.1 Å². The molecular formula is C12H10ClNO5. The monoisotopic (exact) mass is 283 g/mol. The summed E-state index contributed by atoms with van der Waals surface area (Å²) in [5.74, 6) is 0.368. The molecule has 0 bridgehead atoms. The largest absolute Gasteiger partial charge is 0.458 e. The Balaban J connectivity index is 2.47. The van der Waals surface area contributed by atoms with Gasteiger partial charge in [-0.1, -0.05) is 11.6 Å². The fourth-order valence-corrected chi connectivity index (χ4v) is 1.80. The van der Waals surface area contributed by atoms with Crippen molar-refractivity contribution < 1.29 is 19.6 Å². The highest BCUT2D eigenvalue weighted by molar-refractivity contribution is 6.30. The van der Waals surface area contributed by atoms with E-state index in [1.807, 2.05) is 0 Å². The zero-order chi connectivity index (χ0) is 14.0. The highest BCUT2D eigenvalue weighted by Crippen LogP contribution is 2.34. The van der Waals surface area contributed by atoms with Crippen molar-refractivity contribution >= 4 is 17.3 Å². The Labute approximate surface area is 113 Å². The summed E-state index contributed by atoms with van der Waals surface area (Å²) in [5, 5.41) is 29.4. The standard InChI is InChI=1S/C12H10ClNO5/c13-7-1-2-8(9(5-7)14(17)18)11-3-4-12(19-11)10(16)6-15/h1-5,10,15-16H,6H2. The second-order valence-electron chi connectivity index (χ2n) is 3.82. The molecule has 0 aliphatic heterocycles. The fourth-order valence-electron chi connectivity index (χ4n) is 1.63. The molecule has 19 heavy (non-hydrogen) atoms. The Morgan fingerprint density at radius 3 is 2.74 bits per heavy atom. The zero-order valence-corrected chi connectivity index (χ0v) is 10.4. The molecule has 0 saturated carbocycles. The summed E-state index contributed by atoms with van der Waals surface area (Å²) in [4.78, 5) is 10.4. The normalized spacial score (nSPS) is 12.4. The van der Waals surface area contributed by atoms with Crippen LogP contribution < -0.4 is 0 Å². The summed E-state index contributed by atoms with van der Waals surface area (Å²) in [7, 11) is 0. The molecule has 0 aliphatic carbocycles. The van der Waals surface area contributed by atoms with E-state index in [0.29, 0.717) is 0 Å². The lowest BCUT2D eigenvalue weighted by Gasteiger charge is -2.03. The molecule has 2 N–H and O–H groups in total. The van der Waals surface area contributed by atoms with Crippen LogP contribution in [0.3, 0.4) is 0 Å². The van der Waals surface area contributed by atoms with Gasteiger partial charge < -0.3 is 14.6 Å². The van der Waals surface area contributed by atoms with Gasteiger partial charge >= 0.3 is 0 Å². The topological polar surface area (TPSA) is 96.7 Å². The lowest BCUT2D eigenvalue weighted by atomic mass is 10.1. The third-order valence-electron chi connectivity index (χ3n) is 2.55. The van der Waals surface area contributed by atoms with Gasteiger partial charge in [-0.2, -0.15) is 0 Å². The van der Waals surface area contributed by atoms with Crippen LogP contribution >= 0.6 is 11.6 Å². The first kappa shape index (κ1) is 13.5. The summed E-state index contributed by atoms with van der Waals surface area (Å²) in [6, 6.07) is 7.14. The van der Waals surface area contributed by atoms with Crippen LogP contribution in [0.25, 0.3) is 11.3 Å². The van der Waals surface area contributed by atoms with Gasteiger partial charge in [0.05, 0.1) is 17.1 Å². The van der Waals surface area contributed by atoms with Crippen molar-refractivity contribution in [2.75, 3.05) is 6.61 Å². The second kappa shape index (κ2) is 5.40. The highest BCUT2D eigenvalue weighted by atomic mass is 35.5. The van der Waals surface area contributed by atoms with Crippen molar-refractivity contribution in [2.45, 2.75) is 6.10 Å². The van der Waals surface area contributed by atoms with Crippen molar-refractivity contribution in [3.8, 4) is 11.3 Å². The number of aliphatic hydroxyl groups is 2. The van der Waals surface area contributed by atoms with Crippen LogP contribution in [0.4, 0.5) is 5.69 Å². The van der Waals surface area contributed by atoms with Crippen LogP contribution in [0.1, 0.15) is 11.9 Å². The van der Waals surface area contributed by atoms with E-state index >= 15 is 0 Å². The summed E-state index contributed by atoms with van der Waals surface area (Å²) in [6.07, 6.45) is -1.15. The molecule has 1 aromatic carbocycles. The molecule has 2 rings (SSSR count). The number of nitro groups is 1. The van der Waals surface area contributed by atoms with Crippen molar-refractivity contribution in [1.82, 2.24) is 0 Å². The van der Waals surface area contributed by atoms with Crippen LogP contribution in [-0.4, -0.2) is 21.7 Å². The molecular weight excluding hydrogens is 274 g/mol. The predicted molar refractivity (Wildman–Crippen MR) is 67.9 cm³/mol. The number of nitro benzene ring substituents is 1. The summed E-state index contributed by atoms with van der Waals surface area (Å²) < 4.78 is 5.30. The van der Waals surface area contributed by atoms with Crippen LogP contribution in [-0.2, 0) is 0 Å². The number of nitrogens with zero attached hydrogens (tertiary/aromatic N) is 1. The second-order valence-corrected chi connectivity index (χ2v) is 4.26. The molecule has 1 heterocycles. The number of rotatable bonds is 4. The maximum atomic E-state index is 11.0. The van der Waals surface area contributed by atoms with Gasteiger partial charge in [0.25, 0.3) is 5.69 Å². The number of aliphatic hydroxyl groups excluding tert-OH is 2. The van der Waals surface area contributed by atoms with E-state index < -0.39 is 17.6 Å². The Morgan fingerprint density at radius 1 is 1.37 bits per heavy atom. The molecule has 7 heteroatoms. The van der Waals surface area contributed by atoms with Crippen molar-refractivity contribution in [3.63, 3.8) is 0 Å². The van der Waals surface area contributed by atoms with Gasteiger partial charge in [0.15, 0.2) is 0 Å². The SMILES string of the molecule is O=[N+]([O-])c1cc(Cl)ccc1-c1ccc(C(O)CO)o1. The first-order valence-electron chi connectivity index (χ1n) is 5.36. The van der Waals surface area contributed by atoms with E-state index in [1.54, 1.807) is 0 Å². The minimum absolute atomic E-state index is 0.141. The summed E-state index contributed by atoms with van der Waals surface area (Å²) in [5.41, 5.74) is 0.0673. The molecule has 0 spiro atoms. The maximum absolute atomic E-state index is 11.0. The molecule has 0 saturated heterocycles. The van der Waals surface area contributed by atoms with Gasteiger partial charge in [-0.05, 0) is 24.3 Å². The minimum Gasteiger partial charge on any atom is -0.458 e. The Bertz CT molecular complexity index is 610. The molecule has 6 nitrogen and oxygen atoms in total. The Morgan fingerprint density at radius 2 is 2.11 bits per heavy atom. The average molecular weight is 284 g/mol. The number of hydrogen-bond acceptors (Lipinski definition) is 5. The van der Waals surface area contributed by atoms with E-state index in [1.165, 1.54) is 30.3 Å². The predicted octanol–water partition coefficient (Wildman–Crippen LogP) is 2.53. The lowest BCUT2D eigenvalue weighted by molar-refractivity contribution is -0.384. The average Bonchev–Trinajstić information content (AvgIpc) is 2.87.